The SMILES string of the molecule is COC(=O)[C@H]1C[C@@H](O)CN1Cc1cc(=O)n2[nH]c(N)nc2n1. The standard InChI is InChI=1S/C12H16N6O4/c1-22-10(21)8-3-7(19)5-17(8)4-6-2-9(20)18-12(14-6)15-11(13)16-18/h2,7-8,19H,3-5H2,1H3,(H3,13,14,15,16)/t7-,8-/m1/s1. The maximum atomic E-state index is 12.0. The molecule has 1 fully saturated rings. The number of carbonyl (C=O) groups is 1. The van der Waals surface area contributed by atoms with Gasteiger partial charge >= 0.3 is 5.97 Å². The summed E-state index contributed by atoms with van der Waals surface area (Å²) in [5, 5.41) is 12.3. The lowest BCUT2D eigenvalue weighted by Gasteiger charge is -2.21. The smallest absolute Gasteiger partial charge is 0.323 e. The van der Waals surface area contributed by atoms with Gasteiger partial charge in [-0.3, -0.25) is 19.6 Å². The molecule has 0 amide bonds. The first-order valence-corrected chi connectivity index (χ1v) is 6.72. The Bertz CT molecular complexity index is 769. The highest BCUT2D eigenvalue weighted by molar-refractivity contribution is 5.76. The molecule has 4 N–H and O–H groups in total. The van der Waals surface area contributed by atoms with Crippen LogP contribution in [0.3, 0.4) is 0 Å². The van der Waals surface area contributed by atoms with Crippen molar-refractivity contribution in [1.29, 1.82) is 0 Å². The Hall–Kier alpha value is -2.46. The number of methoxy groups -OCH3 is 1. The number of nitrogens with two attached hydrogens (primary N) is 1. The Morgan fingerprint density at radius 3 is 3.09 bits per heavy atom. The largest absolute Gasteiger partial charge is 0.468 e. The van der Waals surface area contributed by atoms with Crippen LogP contribution in [0.1, 0.15) is 12.1 Å². The number of aromatic amines is 1. The lowest BCUT2D eigenvalue weighted by molar-refractivity contribution is -0.146. The van der Waals surface area contributed by atoms with Gasteiger partial charge in [0.2, 0.25) is 5.95 Å². The van der Waals surface area contributed by atoms with Gasteiger partial charge < -0.3 is 15.6 Å². The van der Waals surface area contributed by atoms with E-state index in [1.54, 1.807) is 4.90 Å². The number of nitrogens with zero attached hydrogens (tertiary/aromatic N) is 4. The third-order valence-corrected chi connectivity index (χ3v) is 3.62. The van der Waals surface area contributed by atoms with Gasteiger partial charge in [0.05, 0.1) is 18.9 Å². The molecule has 0 bridgehead atoms. The molecule has 118 valence electrons. The van der Waals surface area contributed by atoms with Gasteiger partial charge in [-0.25, -0.2) is 4.98 Å². The molecular weight excluding hydrogens is 292 g/mol. The van der Waals surface area contributed by atoms with Crippen LogP contribution < -0.4 is 11.3 Å². The fourth-order valence-corrected chi connectivity index (χ4v) is 2.67. The zero-order chi connectivity index (χ0) is 15.9. The predicted molar refractivity (Wildman–Crippen MR) is 74.9 cm³/mol. The first kappa shape index (κ1) is 14.5. The molecule has 10 nitrogen and oxygen atoms in total. The summed E-state index contributed by atoms with van der Waals surface area (Å²) < 4.78 is 5.87. The van der Waals surface area contributed by atoms with Gasteiger partial charge in [-0.1, -0.05) is 0 Å². The van der Waals surface area contributed by atoms with E-state index in [-0.39, 0.29) is 23.8 Å². The average molecular weight is 308 g/mol. The topological polar surface area (TPSA) is 139 Å². The Morgan fingerprint density at radius 2 is 2.36 bits per heavy atom. The third-order valence-electron chi connectivity index (χ3n) is 3.62. The quantitative estimate of drug-likeness (QED) is 0.559. The van der Waals surface area contributed by atoms with Gasteiger partial charge in [-0.15, -0.1) is 0 Å². The highest BCUT2D eigenvalue weighted by Crippen LogP contribution is 2.20. The summed E-state index contributed by atoms with van der Waals surface area (Å²) in [6, 6.07) is 0.786. The molecule has 2 atom stereocenters. The Morgan fingerprint density at radius 1 is 1.59 bits per heavy atom. The van der Waals surface area contributed by atoms with Crippen molar-refractivity contribution >= 4 is 17.7 Å². The van der Waals surface area contributed by atoms with Crippen LogP contribution in [-0.2, 0) is 16.1 Å². The number of aliphatic hydroxyl groups excluding tert-OH is 1. The molecule has 3 rings (SSSR count). The lowest BCUT2D eigenvalue weighted by Crippen LogP contribution is -2.37. The highest BCUT2D eigenvalue weighted by atomic mass is 16.5. The van der Waals surface area contributed by atoms with E-state index in [0.717, 1.165) is 4.52 Å². The molecule has 2 aromatic heterocycles. The maximum Gasteiger partial charge on any atom is 0.323 e. The number of rotatable bonds is 3. The number of carbonyl (C=O) groups excluding carboxylic acids is 1. The van der Waals surface area contributed by atoms with Crippen LogP contribution >= 0.6 is 0 Å². The van der Waals surface area contributed by atoms with E-state index >= 15 is 0 Å². The Kier molecular flexibility index (Phi) is 3.54. The van der Waals surface area contributed by atoms with E-state index in [9.17, 15) is 14.7 Å². The summed E-state index contributed by atoms with van der Waals surface area (Å²) in [5.74, 6) is -0.168. The number of fused-ring (bicyclic) bond motifs is 1. The summed E-state index contributed by atoms with van der Waals surface area (Å²) in [4.78, 5) is 33.6. The molecule has 0 spiro atoms. The van der Waals surface area contributed by atoms with Crippen molar-refractivity contribution in [1.82, 2.24) is 24.5 Å². The molecule has 0 aliphatic carbocycles. The van der Waals surface area contributed by atoms with E-state index < -0.39 is 18.1 Å². The van der Waals surface area contributed by atoms with Crippen molar-refractivity contribution in [3.63, 3.8) is 0 Å². The van der Waals surface area contributed by atoms with Crippen LogP contribution in [0.15, 0.2) is 10.9 Å². The highest BCUT2D eigenvalue weighted by Gasteiger charge is 2.36. The number of β-amino-alcohol motifs (C(OH)–C–C–N with tert-alkyl or cyclic N) is 1. The summed E-state index contributed by atoms with van der Waals surface area (Å²) in [6.45, 7) is 0.541. The van der Waals surface area contributed by atoms with Crippen LogP contribution in [0.4, 0.5) is 5.95 Å². The van der Waals surface area contributed by atoms with Gasteiger partial charge in [0.25, 0.3) is 11.3 Å². The fourth-order valence-electron chi connectivity index (χ4n) is 2.67. The van der Waals surface area contributed by atoms with Crippen LogP contribution in [0.25, 0.3) is 5.78 Å². The number of aliphatic hydroxyl groups is 1. The van der Waals surface area contributed by atoms with Crippen LogP contribution in [0.5, 0.6) is 0 Å². The number of H-pyrrole nitrogens is 1. The van der Waals surface area contributed by atoms with E-state index in [0.29, 0.717) is 18.7 Å². The second kappa shape index (κ2) is 5.39. The number of hydrogen-bond acceptors (Lipinski definition) is 8. The molecule has 3 heterocycles. The number of ether oxygens (including phenoxy) is 1. The van der Waals surface area contributed by atoms with Crippen LogP contribution in [-0.4, -0.2) is 61.4 Å². The molecule has 22 heavy (non-hydrogen) atoms. The minimum Gasteiger partial charge on any atom is -0.468 e. The van der Waals surface area contributed by atoms with Gasteiger partial charge in [0.15, 0.2) is 0 Å². The van der Waals surface area contributed by atoms with E-state index in [2.05, 4.69) is 15.1 Å². The molecule has 0 radical (unpaired) electrons. The molecule has 1 aliphatic heterocycles. The number of anilines is 1. The van der Waals surface area contributed by atoms with Gasteiger partial charge in [-0.2, -0.15) is 9.50 Å². The third kappa shape index (κ3) is 2.53. The minimum absolute atomic E-state index is 0.0887. The maximum absolute atomic E-state index is 12.0. The monoisotopic (exact) mass is 308 g/mol. The van der Waals surface area contributed by atoms with Crippen LogP contribution in [0, 0.1) is 0 Å². The summed E-state index contributed by atoms with van der Waals surface area (Å²) in [6.07, 6.45) is -0.321. The number of aromatic nitrogens is 4. The summed E-state index contributed by atoms with van der Waals surface area (Å²) in [5.41, 5.74) is 5.60. The van der Waals surface area contributed by atoms with Crippen molar-refractivity contribution in [3.05, 3.63) is 22.1 Å². The Labute approximate surface area is 124 Å². The molecular formula is C12H16N6O4. The van der Waals surface area contributed by atoms with Gasteiger partial charge in [-0.05, 0) is 0 Å². The van der Waals surface area contributed by atoms with E-state index in [1.165, 1.54) is 13.2 Å². The van der Waals surface area contributed by atoms with E-state index in [1.807, 2.05) is 0 Å². The number of nitrogens with one attached hydrogen (secondary N) is 1. The van der Waals surface area contributed by atoms with Gasteiger partial charge in [0, 0.05) is 25.6 Å². The second-order valence-corrected chi connectivity index (χ2v) is 5.19. The van der Waals surface area contributed by atoms with Crippen molar-refractivity contribution in [2.24, 2.45) is 0 Å². The first-order chi connectivity index (χ1) is 10.5. The fraction of sp³-hybridized carbons (Fsp3) is 0.500. The van der Waals surface area contributed by atoms with Crippen molar-refractivity contribution in [3.8, 4) is 0 Å². The first-order valence-electron chi connectivity index (χ1n) is 6.72. The molecule has 2 aromatic rings. The van der Waals surface area contributed by atoms with Crippen molar-refractivity contribution in [2.75, 3.05) is 19.4 Å². The summed E-state index contributed by atoms with van der Waals surface area (Å²) >= 11 is 0. The predicted octanol–water partition coefficient (Wildman–Crippen LogP) is -1.89. The molecule has 0 aromatic carbocycles. The normalized spacial score (nSPS) is 22.3. The lowest BCUT2D eigenvalue weighted by atomic mass is 10.2. The van der Waals surface area contributed by atoms with Crippen molar-refractivity contribution in [2.45, 2.75) is 25.1 Å². The number of hydrogen-bond donors (Lipinski definition) is 3. The minimum atomic E-state index is -0.616. The van der Waals surface area contributed by atoms with E-state index in [4.69, 9.17) is 10.5 Å². The average Bonchev–Trinajstić information content (AvgIpc) is 3.01. The zero-order valence-corrected chi connectivity index (χ0v) is 11.9. The molecule has 0 unspecified atom stereocenters. The number of likely N-dealkylation sites (tertiary alicyclic amines) is 1. The second-order valence-electron chi connectivity index (χ2n) is 5.19. The molecule has 1 saturated heterocycles. The zero-order valence-electron chi connectivity index (χ0n) is 11.9. The van der Waals surface area contributed by atoms with Gasteiger partial charge in [0.1, 0.15) is 6.04 Å². The van der Waals surface area contributed by atoms with Crippen molar-refractivity contribution < 1.29 is 14.6 Å². The van der Waals surface area contributed by atoms with Crippen LogP contribution in [0.2, 0.25) is 0 Å². The number of nitrogen functional groups attached to an aromatic ring is 1. The Balaban J connectivity index is 1.88. The number of esters is 1. The molecule has 0 saturated carbocycles. The molecule has 10 heteroatoms. The summed E-state index contributed by atoms with van der Waals surface area (Å²) in [7, 11) is 1.30. The molecule has 1 aliphatic rings.